The highest BCUT2D eigenvalue weighted by molar-refractivity contribution is 5.86. The topological polar surface area (TPSA) is 132 Å². The summed E-state index contributed by atoms with van der Waals surface area (Å²) in [5.74, 6) is -1.08. The van der Waals surface area contributed by atoms with E-state index < -0.39 is 18.2 Å². The monoisotopic (exact) mass is 291 g/mol. The first-order chi connectivity index (χ1) is 10.0. The Morgan fingerprint density at radius 3 is 2.48 bits per heavy atom. The second-order valence-electron chi connectivity index (χ2n) is 4.68. The Kier molecular flexibility index (Phi) is 4.69. The Bertz CT molecular complexity index is 609. The zero-order valence-electron chi connectivity index (χ0n) is 11.2. The van der Waals surface area contributed by atoms with Gasteiger partial charge in [-0.15, -0.1) is 0 Å². The Morgan fingerprint density at radius 1 is 1.29 bits per heavy atom. The summed E-state index contributed by atoms with van der Waals surface area (Å²) in [6.07, 6.45) is -1.61. The van der Waals surface area contributed by atoms with Crippen LogP contribution >= 0.6 is 0 Å². The first-order valence-corrected chi connectivity index (χ1v) is 6.48. The number of H-pyrrole nitrogens is 1. The van der Waals surface area contributed by atoms with Gasteiger partial charge in [0.1, 0.15) is 11.8 Å². The number of benzene rings is 1. The number of hydrogen-bond acceptors (Lipinski definition) is 5. The highest BCUT2D eigenvalue weighted by atomic mass is 16.4. The fourth-order valence-electron chi connectivity index (χ4n) is 1.98. The van der Waals surface area contributed by atoms with Crippen molar-refractivity contribution in [3.8, 4) is 11.3 Å². The molecule has 2 unspecified atom stereocenters. The molecular weight excluding hydrogens is 274 g/mol. The lowest BCUT2D eigenvalue weighted by atomic mass is 10.00. The van der Waals surface area contributed by atoms with Crippen LogP contribution in [0.2, 0.25) is 0 Å². The normalized spacial score (nSPS) is 13.9. The molecule has 0 aliphatic carbocycles. The van der Waals surface area contributed by atoms with Gasteiger partial charge in [0.15, 0.2) is 0 Å². The standard InChI is InChI=1S/C14H17N3O4/c15-6-5-12(18)13(19)9-3-1-8(2-4-9)10-7-11(14(20)21)17-16-10/h1-4,7,12-13,18-19H,5-6,15H2,(H,16,17)(H,20,21). The lowest BCUT2D eigenvalue weighted by molar-refractivity contribution is 0.0150. The van der Waals surface area contributed by atoms with Gasteiger partial charge in [-0.05, 0) is 24.6 Å². The van der Waals surface area contributed by atoms with Crippen LogP contribution in [-0.4, -0.2) is 44.1 Å². The minimum atomic E-state index is -1.08. The molecule has 7 heteroatoms. The van der Waals surface area contributed by atoms with Crippen molar-refractivity contribution in [2.45, 2.75) is 18.6 Å². The number of aromatic amines is 1. The average molecular weight is 291 g/mol. The van der Waals surface area contributed by atoms with Crippen LogP contribution in [0.4, 0.5) is 0 Å². The Labute approximate surface area is 121 Å². The van der Waals surface area contributed by atoms with Crippen LogP contribution in [0.1, 0.15) is 28.6 Å². The molecule has 2 aromatic rings. The number of rotatable bonds is 6. The summed E-state index contributed by atoms with van der Waals surface area (Å²) in [5.41, 5.74) is 7.12. The van der Waals surface area contributed by atoms with Gasteiger partial charge >= 0.3 is 5.97 Å². The second-order valence-corrected chi connectivity index (χ2v) is 4.68. The molecule has 2 rings (SSSR count). The molecule has 1 aromatic heterocycles. The largest absolute Gasteiger partial charge is 0.477 e. The Morgan fingerprint density at radius 2 is 1.95 bits per heavy atom. The maximum atomic E-state index is 10.8. The maximum absolute atomic E-state index is 10.8. The van der Waals surface area contributed by atoms with Crippen molar-refractivity contribution in [1.82, 2.24) is 10.2 Å². The van der Waals surface area contributed by atoms with E-state index in [1.165, 1.54) is 6.07 Å². The number of carbonyl (C=O) groups is 1. The van der Waals surface area contributed by atoms with Gasteiger partial charge in [-0.3, -0.25) is 5.10 Å². The van der Waals surface area contributed by atoms with Crippen molar-refractivity contribution in [3.63, 3.8) is 0 Å². The molecule has 6 N–H and O–H groups in total. The van der Waals surface area contributed by atoms with E-state index in [0.29, 0.717) is 29.8 Å². The molecule has 0 saturated heterocycles. The molecule has 0 fully saturated rings. The van der Waals surface area contributed by atoms with E-state index in [9.17, 15) is 15.0 Å². The third-order valence-corrected chi connectivity index (χ3v) is 3.18. The lowest BCUT2D eigenvalue weighted by Crippen LogP contribution is -2.21. The minimum absolute atomic E-state index is 0.00693. The van der Waals surface area contributed by atoms with Gasteiger partial charge in [0, 0.05) is 5.56 Å². The highest BCUT2D eigenvalue weighted by Crippen LogP contribution is 2.23. The summed E-state index contributed by atoms with van der Waals surface area (Å²) in [4.78, 5) is 10.8. The molecule has 2 atom stereocenters. The van der Waals surface area contributed by atoms with Crippen molar-refractivity contribution in [2.75, 3.05) is 6.54 Å². The summed E-state index contributed by atoms with van der Waals surface area (Å²) in [6, 6.07) is 8.16. The van der Waals surface area contributed by atoms with Crippen molar-refractivity contribution in [2.24, 2.45) is 5.73 Å². The summed E-state index contributed by atoms with van der Waals surface area (Å²) in [7, 11) is 0. The molecule has 7 nitrogen and oxygen atoms in total. The van der Waals surface area contributed by atoms with Crippen LogP contribution in [0.5, 0.6) is 0 Å². The van der Waals surface area contributed by atoms with E-state index in [2.05, 4.69) is 10.2 Å². The van der Waals surface area contributed by atoms with Crippen LogP contribution < -0.4 is 5.73 Å². The zero-order valence-corrected chi connectivity index (χ0v) is 11.2. The number of carboxylic acid groups (broad SMARTS) is 1. The van der Waals surface area contributed by atoms with E-state index in [1.54, 1.807) is 24.3 Å². The molecule has 0 amide bonds. The van der Waals surface area contributed by atoms with Gasteiger partial charge in [-0.1, -0.05) is 24.3 Å². The van der Waals surface area contributed by atoms with Crippen molar-refractivity contribution < 1.29 is 20.1 Å². The first kappa shape index (κ1) is 15.2. The number of nitrogens with zero attached hydrogens (tertiary/aromatic N) is 1. The number of aromatic nitrogens is 2. The van der Waals surface area contributed by atoms with Crippen molar-refractivity contribution in [1.29, 1.82) is 0 Å². The molecule has 0 spiro atoms. The first-order valence-electron chi connectivity index (χ1n) is 6.48. The summed E-state index contributed by atoms with van der Waals surface area (Å²) < 4.78 is 0. The Balaban J connectivity index is 2.16. The summed E-state index contributed by atoms with van der Waals surface area (Å²) in [6.45, 7) is 0.293. The summed E-state index contributed by atoms with van der Waals surface area (Å²) >= 11 is 0. The van der Waals surface area contributed by atoms with Gasteiger partial charge in [-0.2, -0.15) is 5.10 Å². The predicted molar refractivity (Wildman–Crippen MR) is 75.6 cm³/mol. The van der Waals surface area contributed by atoms with Gasteiger partial charge in [0.25, 0.3) is 0 Å². The second kappa shape index (κ2) is 6.49. The quantitative estimate of drug-likeness (QED) is 0.527. The maximum Gasteiger partial charge on any atom is 0.353 e. The van der Waals surface area contributed by atoms with Gasteiger partial charge in [0.2, 0.25) is 0 Å². The number of aromatic carboxylic acids is 1. The van der Waals surface area contributed by atoms with E-state index in [1.807, 2.05) is 0 Å². The van der Waals surface area contributed by atoms with E-state index >= 15 is 0 Å². The molecule has 1 heterocycles. The number of nitrogens with two attached hydrogens (primary N) is 1. The molecular formula is C14H17N3O4. The number of aliphatic hydroxyl groups is 2. The molecule has 0 saturated carbocycles. The van der Waals surface area contributed by atoms with Crippen molar-refractivity contribution >= 4 is 5.97 Å². The minimum Gasteiger partial charge on any atom is -0.477 e. The van der Waals surface area contributed by atoms with Gasteiger partial charge in [-0.25, -0.2) is 4.79 Å². The molecule has 0 radical (unpaired) electrons. The number of carboxylic acids is 1. The van der Waals surface area contributed by atoms with Gasteiger partial charge in [0.05, 0.1) is 11.8 Å². The SMILES string of the molecule is NCCC(O)C(O)c1ccc(-c2cc(C(=O)O)[nH]n2)cc1. The highest BCUT2D eigenvalue weighted by Gasteiger charge is 2.17. The lowest BCUT2D eigenvalue weighted by Gasteiger charge is -2.17. The smallest absolute Gasteiger partial charge is 0.353 e. The number of hydrogen-bond donors (Lipinski definition) is 5. The van der Waals surface area contributed by atoms with Crippen LogP contribution in [0, 0.1) is 0 Å². The van der Waals surface area contributed by atoms with Crippen LogP contribution in [-0.2, 0) is 0 Å². The summed E-state index contributed by atoms with van der Waals surface area (Å²) in [5, 5.41) is 34.8. The van der Waals surface area contributed by atoms with Crippen molar-refractivity contribution in [3.05, 3.63) is 41.6 Å². The average Bonchev–Trinajstić information content (AvgIpc) is 2.97. The molecule has 0 aliphatic rings. The van der Waals surface area contributed by atoms with Crippen LogP contribution in [0.25, 0.3) is 11.3 Å². The van der Waals surface area contributed by atoms with Crippen LogP contribution in [0.3, 0.4) is 0 Å². The zero-order chi connectivity index (χ0) is 15.4. The number of aliphatic hydroxyl groups excluding tert-OH is 2. The third-order valence-electron chi connectivity index (χ3n) is 3.18. The number of nitrogens with one attached hydrogen (secondary N) is 1. The molecule has 1 aromatic carbocycles. The van der Waals surface area contributed by atoms with E-state index in [0.717, 1.165) is 0 Å². The van der Waals surface area contributed by atoms with E-state index in [4.69, 9.17) is 10.8 Å². The molecule has 21 heavy (non-hydrogen) atoms. The molecule has 0 bridgehead atoms. The molecule has 112 valence electrons. The van der Waals surface area contributed by atoms with Crippen LogP contribution in [0.15, 0.2) is 30.3 Å². The third kappa shape index (κ3) is 3.46. The van der Waals surface area contributed by atoms with Gasteiger partial charge < -0.3 is 21.1 Å². The fourth-order valence-corrected chi connectivity index (χ4v) is 1.98. The predicted octanol–water partition coefficient (Wildman–Crippen LogP) is 0.518. The molecule has 0 aliphatic heterocycles. The van der Waals surface area contributed by atoms with E-state index in [-0.39, 0.29) is 5.69 Å². The fraction of sp³-hybridized carbons (Fsp3) is 0.286. The Hall–Kier alpha value is -2.22.